The second-order valence-electron chi connectivity index (χ2n) is 10.1. The molecule has 2 bridgehead atoms. The van der Waals surface area contributed by atoms with E-state index >= 15 is 0 Å². The van der Waals surface area contributed by atoms with E-state index in [9.17, 15) is 24.1 Å². The van der Waals surface area contributed by atoms with Crippen LogP contribution in [0.5, 0.6) is 0 Å². The number of nitrogens with zero attached hydrogens (tertiary/aromatic N) is 7. The normalized spacial score (nSPS) is 37.7. The summed E-state index contributed by atoms with van der Waals surface area (Å²) in [5, 5.41) is 26.5. The lowest BCUT2D eigenvalue weighted by molar-refractivity contribution is -0.0608. The third-order valence-electron chi connectivity index (χ3n) is 7.32. The van der Waals surface area contributed by atoms with E-state index < -0.39 is 81.4 Å². The predicted molar refractivity (Wildman–Crippen MR) is 157 cm³/mol. The Morgan fingerprint density at radius 2 is 1.62 bits per heavy atom. The molecule has 0 saturated carbocycles. The lowest BCUT2D eigenvalue weighted by Gasteiger charge is -2.26. The van der Waals surface area contributed by atoms with Crippen LogP contribution in [0.15, 0.2) is 23.6 Å². The number of nitrogens with one attached hydrogen (secondary N) is 1. The van der Waals surface area contributed by atoms with Gasteiger partial charge < -0.3 is 31.2 Å². The van der Waals surface area contributed by atoms with Gasteiger partial charge in [0.2, 0.25) is 5.95 Å². The first-order valence-corrected chi connectivity index (χ1v) is 18.4. The average Bonchev–Trinajstić information content (AvgIpc) is 3.72. The van der Waals surface area contributed by atoms with Gasteiger partial charge in [-0.15, -0.1) is 0 Å². The molecule has 3 aliphatic heterocycles. The lowest BCUT2D eigenvalue weighted by atomic mass is 10.1. The van der Waals surface area contributed by atoms with Crippen molar-refractivity contribution in [3.05, 3.63) is 29.2 Å². The van der Waals surface area contributed by atoms with Gasteiger partial charge in [-0.1, -0.05) is 24.5 Å². The van der Waals surface area contributed by atoms with Crippen molar-refractivity contribution in [2.75, 3.05) is 24.7 Å². The molecular formula is C20H24N10O11P2S2. The van der Waals surface area contributed by atoms with Crippen molar-refractivity contribution in [2.24, 2.45) is 0 Å². The molecule has 4 aromatic heterocycles. The number of aliphatic hydroxyl groups excluding tert-OH is 2. The molecule has 0 spiro atoms. The molecule has 3 fully saturated rings. The van der Waals surface area contributed by atoms with Gasteiger partial charge in [0.1, 0.15) is 53.9 Å². The maximum Gasteiger partial charge on any atom is 0.386 e. The van der Waals surface area contributed by atoms with Gasteiger partial charge in [-0.25, -0.2) is 28.8 Å². The number of ether oxygens (including phenoxy) is 2. The average molecular weight is 707 g/mol. The zero-order chi connectivity index (χ0) is 31.8. The van der Waals surface area contributed by atoms with Crippen LogP contribution in [-0.2, 0) is 36.7 Å². The minimum Gasteiger partial charge on any atom is -0.387 e. The summed E-state index contributed by atoms with van der Waals surface area (Å²) in [6.45, 7) is -9.90. The number of thiol groups is 2. The molecule has 21 nitrogen and oxygen atoms in total. The van der Waals surface area contributed by atoms with Gasteiger partial charge in [0.15, 0.2) is 29.6 Å². The van der Waals surface area contributed by atoms with Gasteiger partial charge in [0, 0.05) is 0 Å². The van der Waals surface area contributed by atoms with Crippen LogP contribution in [0.1, 0.15) is 12.5 Å². The van der Waals surface area contributed by atoms with Crippen molar-refractivity contribution in [3.63, 3.8) is 0 Å². The van der Waals surface area contributed by atoms with Gasteiger partial charge >= 0.3 is 13.6 Å². The van der Waals surface area contributed by atoms with Crippen molar-refractivity contribution < 1.29 is 46.9 Å². The quantitative estimate of drug-likeness (QED) is 0.102. The Morgan fingerprint density at radius 1 is 0.933 bits per heavy atom. The number of aromatic amines is 1. The fourth-order valence-corrected chi connectivity index (χ4v) is 8.23. The van der Waals surface area contributed by atoms with Crippen LogP contribution in [-0.4, -0.2) is 99.3 Å². The van der Waals surface area contributed by atoms with Crippen LogP contribution in [0.25, 0.3) is 22.2 Å². The molecule has 0 aliphatic carbocycles. The second-order valence-corrected chi connectivity index (χ2v) is 15.9. The summed E-state index contributed by atoms with van der Waals surface area (Å²) in [5.74, 6) is -0.142. The third kappa shape index (κ3) is 5.55. The van der Waals surface area contributed by atoms with E-state index in [0.29, 0.717) is 0 Å². The summed E-state index contributed by atoms with van der Waals surface area (Å²) in [4.78, 5) is 30.9. The molecule has 0 radical (unpaired) electrons. The van der Waals surface area contributed by atoms with Crippen molar-refractivity contribution in [2.45, 2.75) is 49.1 Å². The van der Waals surface area contributed by atoms with Crippen molar-refractivity contribution >= 4 is 72.1 Å². The minimum absolute atomic E-state index is 0.0334. The number of fused-ring (bicyclic) bond motifs is 5. The monoisotopic (exact) mass is 706 g/mol. The van der Waals surface area contributed by atoms with Crippen LogP contribution in [0.2, 0.25) is 0 Å². The Hall–Kier alpha value is -2.66. The van der Waals surface area contributed by atoms with Crippen LogP contribution in [0.3, 0.4) is 0 Å². The van der Waals surface area contributed by atoms with E-state index in [0.717, 1.165) is 4.68 Å². The lowest BCUT2D eigenvalue weighted by Crippen LogP contribution is -2.35. The highest BCUT2D eigenvalue weighted by molar-refractivity contribution is 8.44. The molecular weight excluding hydrogens is 682 g/mol. The molecule has 7 rings (SSSR count). The van der Waals surface area contributed by atoms with Crippen molar-refractivity contribution in [1.29, 1.82) is 0 Å². The Morgan fingerprint density at radius 3 is 2.38 bits per heavy atom. The van der Waals surface area contributed by atoms with Gasteiger partial charge in [0.25, 0.3) is 5.56 Å². The Kier molecular flexibility index (Phi) is 7.74. The van der Waals surface area contributed by atoms with Crippen molar-refractivity contribution in [3.8, 4) is 0 Å². The predicted octanol–water partition coefficient (Wildman–Crippen LogP) is -0.467. The molecule has 0 amide bonds. The van der Waals surface area contributed by atoms with Crippen LogP contribution in [0.4, 0.5) is 11.8 Å². The zero-order valence-corrected chi connectivity index (χ0v) is 26.0. The molecule has 0 aromatic carbocycles. The van der Waals surface area contributed by atoms with Crippen LogP contribution < -0.4 is 17.0 Å². The first-order valence-electron chi connectivity index (χ1n) is 13.0. The third-order valence-corrected chi connectivity index (χ3v) is 10.5. The fourth-order valence-electron chi connectivity index (χ4n) is 5.28. The largest absolute Gasteiger partial charge is 0.387 e. The Balaban J connectivity index is 1.21. The molecule has 25 heteroatoms. The smallest absolute Gasteiger partial charge is 0.386 e. The molecule has 7 heterocycles. The Labute approximate surface area is 260 Å². The number of hydrogen-bond acceptors (Lipinski definition) is 18. The van der Waals surface area contributed by atoms with Gasteiger partial charge in [-0.3, -0.25) is 32.4 Å². The first kappa shape index (κ1) is 31.0. The summed E-state index contributed by atoms with van der Waals surface area (Å²) in [5.41, 5.74) is 11.4. The molecule has 5 unspecified atom stereocenters. The number of H-pyrrole nitrogens is 1. The van der Waals surface area contributed by atoms with E-state index in [4.69, 9.17) is 39.0 Å². The summed E-state index contributed by atoms with van der Waals surface area (Å²) in [7, 11) is 0. The number of aromatic nitrogens is 8. The second kappa shape index (κ2) is 11.2. The highest BCUT2D eigenvalue weighted by atomic mass is 32.7. The zero-order valence-electron chi connectivity index (χ0n) is 22.4. The standard InChI is InChI=1S/C20H24N10O11P2S2/c21-14-9-16(24-4-23-14)29(5-25-9)18-11(32)12-8(39-18)3-37-43(35,45)41-13-10(31)7(2-36-42(34,44)40-12)38-19(13)30-15-6(1-26-30)17(33)28-20(22)27-15/h1,4-5,7-8,10-13,18-19,31-32H,2-3H2,(H,34,44)(H,35,45)(H2,21,23,24)(H3,22,27,28,33)/t7-,8-,10?,11+,12?,13?,18-,19-,42?,43?/m1/s1. The number of nitrogens with two attached hydrogens (primary N) is 2. The van der Waals surface area contributed by atoms with E-state index in [2.05, 4.69) is 54.5 Å². The van der Waals surface area contributed by atoms with E-state index in [1.165, 1.54) is 23.4 Å². The van der Waals surface area contributed by atoms with E-state index in [-0.39, 0.29) is 34.0 Å². The van der Waals surface area contributed by atoms with Crippen LogP contribution in [0, 0.1) is 0 Å². The minimum atomic E-state index is -4.38. The first-order chi connectivity index (χ1) is 21.3. The van der Waals surface area contributed by atoms with E-state index in [1.807, 2.05) is 0 Å². The molecule has 10 atom stereocenters. The SMILES string of the molecule is Nc1nc2c(cnn2[C@@H]2O[C@@H]3COP(=O)(S)OC4[C@@H](COP(=O)(S)OC2C3O)O[C@@H](n2cnc3c(N)ncnc32)[C@H]4O)c(=O)[nH]1. The number of nitrogen functional groups attached to an aromatic ring is 2. The molecule has 3 aliphatic rings. The van der Waals surface area contributed by atoms with Crippen molar-refractivity contribution in [1.82, 2.24) is 39.3 Å². The fraction of sp³-hybridized carbons (Fsp3) is 0.500. The Bertz CT molecular complexity index is 1940. The topological polar surface area (TPSA) is 289 Å². The highest BCUT2D eigenvalue weighted by Crippen LogP contribution is 2.60. The number of hydrogen-bond donors (Lipinski definition) is 7. The number of anilines is 2. The maximum atomic E-state index is 13.5. The summed E-state index contributed by atoms with van der Waals surface area (Å²) in [6, 6.07) is 0. The van der Waals surface area contributed by atoms with E-state index in [1.54, 1.807) is 0 Å². The number of imidazole rings is 1. The van der Waals surface area contributed by atoms with Gasteiger partial charge in [-0.2, -0.15) is 10.1 Å². The summed E-state index contributed by atoms with van der Waals surface area (Å²) < 4.78 is 63.5. The molecule has 3 saturated heterocycles. The van der Waals surface area contributed by atoms with Crippen LogP contribution >= 0.6 is 38.1 Å². The number of aliphatic hydroxyl groups is 2. The molecule has 7 N–H and O–H groups in total. The number of rotatable bonds is 2. The summed E-state index contributed by atoms with van der Waals surface area (Å²) in [6.07, 6.45) is -7.54. The van der Waals surface area contributed by atoms with Gasteiger partial charge in [0.05, 0.1) is 25.7 Å². The summed E-state index contributed by atoms with van der Waals surface area (Å²) >= 11 is 8.11. The molecule has 242 valence electrons. The molecule has 4 aromatic rings. The highest BCUT2D eigenvalue weighted by Gasteiger charge is 2.53. The maximum absolute atomic E-state index is 13.5. The van der Waals surface area contributed by atoms with Gasteiger partial charge in [-0.05, 0) is 0 Å². The molecule has 45 heavy (non-hydrogen) atoms.